The summed E-state index contributed by atoms with van der Waals surface area (Å²) in [6.07, 6.45) is 4.17. The molecule has 1 aromatic heterocycles. The molecule has 8 rings (SSSR count). The van der Waals surface area contributed by atoms with Crippen molar-refractivity contribution in [3.63, 3.8) is 0 Å². The Morgan fingerprint density at radius 1 is 0.831 bits per heavy atom. The average Bonchev–Trinajstić information content (AvgIpc) is 3.56. The highest BCUT2D eigenvalue weighted by Crippen LogP contribution is 2.31. The normalized spacial score (nSPS) is 22.2. The number of aromatic nitrogens is 3. The van der Waals surface area contributed by atoms with Gasteiger partial charge in [0, 0.05) is 96.8 Å². The minimum Gasteiger partial charge on any atom is -0.374 e. The van der Waals surface area contributed by atoms with Crippen LogP contribution >= 0.6 is 0 Å². The fourth-order valence-electron chi connectivity index (χ4n) is 8.86. The van der Waals surface area contributed by atoms with Gasteiger partial charge in [-0.3, -0.25) is 24.6 Å². The first-order chi connectivity index (χ1) is 28.5. The topological polar surface area (TPSA) is 188 Å². The van der Waals surface area contributed by atoms with E-state index < -0.39 is 23.7 Å². The molecule has 5 N–H and O–H groups in total. The number of rotatable bonds is 11. The van der Waals surface area contributed by atoms with E-state index in [1.54, 1.807) is 36.2 Å². The lowest BCUT2D eigenvalue weighted by molar-refractivity contribution is -0.133. The molecule has 0 saturated carbocycles. The van der Waals surface area contributed by atoms with Gasteiger partial charge >= 0.3 is 6.03 Å². The number of nitrogens with zero attached hydrogens (tertiary/aromatic N) is 9. The molecule has 2 atom stereocenters. The Balaban J connectivity index is 0.819. The molecule has 5 aliphatic heterocycles. The molecule has 314 valence electrons. The van der Waals surface area contributed by atoms with Gasteiger partial charge in [0.15, 0.2) is 11.5 Å². The lowest BCUT2D eigenvalue weighted by Crippen LogP contribution is -2.49. The van der Waals surface area contributed by atoms with E-state index >= 15 is 8.78 Å². The second-order valence-corrected chi connectivity index (χ2v) is 16.1. The zero-order chi connectivity index (χ0) is 41.2. The maximum Gasteiger partial charge on any atom is 0.320 e. The smallest absolute Gasteiger partial charge is 0.320 e. The van der Waals surface area contributed by atoms with Gasteiger partial charge in [-0.25, -0.2) is 13.6 Å². The quantitative estimate of drug-likeness (QED) is 0.207. The van der Waals surface area contributed by atoms with Crippen LogP contribution in [0.4, 0.5) is 48.1 Å². The summed E-state index contributed by atoms with van der Waals surface area (Å²) in [4.78, 5) is 65.1. The molecule has 5 amide bonds. The lowest BCUT2D eigenvalue weighted by atomic mass is 9.95. The monoisotopic (exact) mass is 815 g/mol. The van der Waals surface area contributed by atoms with Gasteiger partial charge in [-0.1, -0.05) is 0 Å². The van der Waals surface area contributed by atoms with Crippen molar-refractivity contribution in [1.82, 2.24) is 35.2 Å². The van der Waals surface area contributed by atoms with Crippen LogP contribution in [-0.4, -0.2) is 145 Å². The van der Waals surface area contributed by atoms with Gasteiger partial charge < -0.3 is 40.9 Å². The predicted octanol–water partition coefficient (Wildman–Crippen LogP) is 2.58. The standard InChI is InChI=1S/C40H51F2N13O4/c1-50-15-20-55(40(50)59)28-3-2-12-54(24-28)39-47-37(35(36(43)57)48-49-39)45-27-5-8-33(30(42)22-27)53-18-16-51(17-19-53)23-25-10-13-52(14-11-25)32-7-4-26(21-29(32)41)44-31-6-9-34(56)46-38(31)58/h4-5,7-8,21-22,25,28,31,44H,2-3,6,9-20,23-24H2,1H3,(H2,43,57)(H,45,47,49)(H,46,56,58)/t28-,31?/m1/s1. The molecule has 0 spiro atoms. The Kier molecular flexibility index (Phi) is 11.6. The third-order valence-corrected chi connectivity index (χ3v) is 12.2. The summed E-state index contributed by atoms with van der Waals surface area (Å²) in [5.41, 5.74) is 7.37. The molecule has 1 unspecified atom stereocenters. The Bertz CT molecular complexity index is 2080. The van der Waals surface area contributed by atoms with Crippen molar-refractivity contribution in [3.8, 4) is 0 Å². The SMILES string of the molecule is CN1CCN([C@@H]2CCCN(c3nnc(C(N)=O)c(Nc4ccc(N5CCN(CC6CCN(c7ccc(NC8CCC(=O)NC8=O)cc7F)CC6)CC5)c(F)c4)n3)C2)C1=O. The van der Waals surface area contributed by atoms with Gasteiger partial charge in [0.2, 0.25) is 17.8 Å². The summed E-state index contributed by atoms with van der Waals surface area (Å²) in [6.45, 7) is 7.82. The van der Waals surface area contributed by atoms with E-state index in [0.717, 1.165) is 58.4 Å². The number of amides is 5. The average molecular weight is 816 g/mol. The summed E-state index contributed by atoms with van der Waals surface area (Å²) in [6, 6.07) is 9.20. The van der Waals surface area contributed by atoms with Crippen LogP contribution in [-0.2, 0) is 9.59 Å². The fraction of sp³-hybridized carbons (Fsp3) is 0.525. The van der Waals surface area contributed by atoms with E-state index in [1.165, 1.54) is 12.1 Å². The summed E-state index contributed by atoms with van der Waals surface area (Å²) >= 11 is 0. The molecule has 5 saturated heterocycles. The molecular formula is C40H51F2N13O4. The Labute approximate surface area is 341 Å². The van der Waals surface area contributed by atoms with Gasteiger partial charge in [-0.05, 0) is 74.4 Å². The molecule has 0 aliphatic carbocycles. The van der Waals surface area contributed by atoms with Crippen molar-refractivity contribution in [2.45, 2.75) is 50.6 Å². The van der Waals surface area contributed by atoms with Crippen LogP contribution in [0.25, 0.3) is 0 Å². The minimum atomic E-state index is -0.816. The number of urea groups is 1. The number of piperazine rings is 1. The second-order valence-electron chi connectivity index (χ2n) is 16.1. The minimum absolute atomic E-state index is 0.00168. The van der Waals surface area contributed by atoms with Crippen LogP contribution < -0.4 is 36.4 Å². The molecule has 6 heterocycles. The van der Waals surface area contributed by atoms with Gasteiger partial charge in [0.05, 0.1) is 17.4 Å². The molecule has 5 fully saturated rings. The molecule has 17 nitrogen and oxygen atoms in total. The molecule has 5 aliphatic rings. The molecular weight excluding hydrogens is 765 g/mol. The third-order valence-electron chi connectivity index (χ3n) is 12.2. The Morgan fingerprint density at radius 3 is 2.19 bits per heavy atom. The van der Waals surface area contributed by atoms with Gasteiger partial charge in [-0.2, -0.15) is 4.98 Å². The van der Waals surface area contributed by atoms with E-state index in [2.05, 4.69) is 40.9 Å². The second kappa shape index (κ2) is 17.2. The lowest BCUT2D eigenvalue weighted by Gasteiger charge is -2.40. The van der Waals surface area contributed by atoms with E-state index in [0.29, 0.717) is 80.3 Å². The van der Waals surface area contributed by atoms with Crippen molar-refractivity contribution in [3.05, 3.63) is 53.7 Å². The first kappa shape index (κ1) is 40.0. The number of anilines is 6. The predicted molar refractivity (Wildman–Crippen MR) is 218 cm³/mol. The molecule has 2 aromatic carbocycles. The van der Waals surface area contributed by atoms with Crippen LogP contribution in [0.1, 0.15) is 49.0 Å². The molecule has 59 heavy (non-hydrogen) atoms. The first-order valence-corrected chi connectivity index (χ1v) is 20.5. The van der Waals surface area contributed by atoms with E-state index in [-0.39, 0.29) is 41.7 Å². The fourth-order valence-corrected chi connectivity index (χ4v) is 8.86. The van der Waals surface area contributed by atoms with Gasteiger partial charge in [0.25, 0.3) is 5.91 Å². The number of hydrogen-bond acceptors (Lipinski definition) is 13. The summed E-state index contributed by atoms with van der Waals surface area (Å²) < 4.78 is 30.9. The number of nitrogens with two attached hydrogens (primary N) is 1. The van der Waals surface area contributed by atoms with E-state index in [4.69, 9.17) is 5.73 Å². The van der Waals surface area contributed by atoms with E-state index in [9.17, 15) is 19.2 Å². The molecule has 0 bridgehead atoms. The number of benzene rings is 2. The van der Waals surface area contributed by atoms with Crippen molar-refractivity contribution in [2.24, 2.45) is 11.7 Å². The summed E-state index contributed by atoms with van der Waals surface area (Å²) in [5.74, 6) is -1.43. The Morgan fingerprint density at radius 2 is 1.53 bits per heavy atom. The molecule has 0 radical (unpaired) electrons. The van der Waals surface area contributed by atoms with Crippen LogP contribution in [0.2, 0.25) is 0 Å². The maximum atomic E-state index is 15.7. The first-order valence-electron chi connectivity index (χ1n) is 20.5. The van der Waals surface area contributed by atoms with Gasteiger partial charge in [-0.15, -0.1) is 10.2 Å². The number of likely N-dealkylation sites (N-methyl/N-ethyl adjacent to an activating group) is 1. The highest BCUT2D eigenvalue weighted by Gasteiger charge is 2.35. The molecule has 3 aromatic rings. The number of piperidine rings is 3. The van der Waals surface area contributed by atoms with Gasteiger partial charge in [0.1, 0.15) is 17.7 Å². The zero-order valence-corrected chi connectivity index (χ0v) is 33.2. The van der Waals surface area contributed by atoms with Crippen molar-refractivity contribution in [1.29, 1.82) is 0 Å². The third kappa shape index (κ3) is 8.94. The largest absolute Gasteiger partial charge is 0.374 e. The number of imide groups is 1. The number of halogens is 2. The highest BCUT2D eigenvalue weighted by atomic mass is 19.1. The van der Waals surface area contributed by atoms with Crippen molar-refractivity contribution in [2.75, 3.05) is 104 Å². The van der Waals surface area contributed by atoms with Crippen molar-refractivity contribution >= 4 is 58.3 Å². The number of carbonyl (C=O) groups is 4. The Hall–Kier alpha value is -5.85. The number of primary amides is 1. The summed E-state index contributed by atoms with van der Waals surface area (Å²) in [5, 5.41) is 16.7. The number of carbonyl (C=O) groups excluding carboxylic acids is 4. The zero-order valence-electron chi connectivity index (χ0n) is 33.2. The number of hydrogen-bond donors (Lipinski definition) is 4. The van der Waals surface area contributed by atoms with Crippen LogP contribution in [0.15, 0.2) is 36.4 Å². The van der Waals surface area contributed by atoms with Crippen LogP contribution in [0.5, 0.6) is 0 Å². The van der Waals surface area contributed by atoms with Crippen LogP contribution in [0, 0.1) is 17.6 Å². The van der Waals surface area contributed by atoms with Crippen molar-refractivity contribution < 1.29 is 28.0 Å². The number of nitrogens with one attached hydrogen (secondary N) is 3. The summed E-state index contributed by atoms with van der Waals surface area (Å²) in [7, 11) is 1.79. The maximum absolute atomic E-state index is 15.7. The van der Waals surface area contributed by atoms with E-state index in [1.807, 2.05) is 14.7 Å². The van der Waals surface area contributed by atoms with Crippen LogP contribution in [0.3, 0.4) is 0 Å². The highest BCUT2D eigenvalue weighted by molar-refractivity contribution is 6.01. The molecule has 19 heteroatoms.